The van der Waals surface area contributed by atoms with Crippen LogP contribution in [0.2, 0.25) is 0 Å². The van der Waals surface area contributed by atoms with E-state index in [0.717, 1.165) is 30.5 Å². The molecule has 0 unspecified atom stereocenters. The van der Waals surface area contributed by atoms with Gasteiger partial charge in [0, 0.05) is 19.2 Å². The standard InChI is InChI=1S/C13H22N4/c14-8-5-12-16-10-7-13(17-12)15-9-6-11-3-1-2-4-11/h7,10-11H,1-6,8-9,14H2,(H,15,16,17). The van der Waals surface area contributed by atoms with E-state index in [1.807, 2.05) is 6.07 Å². The second-order valence-electron chi connectivity index (χ2n) is 4.76. The van der Waals surface area contributed by atoms with Crippen molar-refractivity contribution in [3.8, 4) is 0 Å². The van der Waals surface area contributed by atoms with Gasteiger partial charge in [0.15, 0.2) is 0 Å². The van der Waals surface area contributed by atoms with E-state index < -0.39 is 0 Å². The number of aromatic nitrogens is 2. The molecule has 0 atom stereocenters. The number of nitrogens with zero attached hydrogens (tertiary/aromatic N) is 2. The summed E-state index contributed by atoms with van der Waals surface area (Å²) >= 11 is 0. The first-order valence-electron chi connectivity index (χ1n) is 6.64. The molecule has 1 fully saturated rings. The van der Waals surface area contributed by atoms with E-state index in [1.54, 1.807) is 6.20 Å². The van der Waals surface area contributed by atoms with Gasteiger partial charge in [0.25, 0.3) is 0 Å². The van der Waals surface area contributed by atoms with Crippen molar-refractivity contribution in [2.45, 2.75) is 38.5 Å². The van der Waals surface area contributed by atoms with Crippen LogP contribution in [0.5, 0.6) is 0 Å². The molecule has 3 N–H and O–H groups in total. The molecule has 0 amide bonds. The van der Waals surface area contributed by atoms with E-state index in [0.29, 0.717) is 6.54 Å². The molecular formula is C13H22N4. The zero-order valence-corrected chi connectivity index (χ0v) is 10.4. The Morgan fingerprint density at radius 2 is 2.18 bits per heavy atom. The fourth-order valence-electron chi connectivity index (χ4n) is 2.45. The summed E-state index contributed by atoms with van der Waals surface area (Å²) in [6, 6.07) is 1.93. The minimum absolute atomic E-state index is 0.603. The average Bonchev–Trinajstić information content (AvgIpc) is 2.83. The maximum Gasteiger partial charge on any atom is 0.131 e. The van der Waals surface area contributed by atoms with Gasteiger partial charge in [-0.15, -0.1) is 0 Å². The maximum atomic E-state index is 5.49. The van der Waals surface area contributed by atoms with E-state index in [-0.39, 0.29) is 0 Å². The smallest absolute Gasteiger partial charge is 0.131 e. The molecule has 1 aromatic rings. The molecule has 0 spiro atoms. The minimum Gasteiger partial charge on any atom is -0.370 e. The van der Waals surface area contributed by atoms with Crippen molar-refractivity contribution in [1.29, 1.82) is 0 Å². The van der Waals surface area contributed by atoms with Crippen LogP contribution in [0.3, 0.4) is 0 Å². The van der Waals surface area contributed by atoms with Gasteiger partial charge < -0.3 is 11.1 Å². The van der Waals surface area contributed by atoms with Gasteiger partial charge in [-0.3, -0.25) is 0 Å². The Bertz CT molecular complexity index is 334. The zero-order valence-electron chi connectivity index (χ0n) is 10.4. The van der Waals surface area contributed by atoms with Gasteiger partial charge in [-0.1, -0.05) is 25.7 Å². The normalized spacial score (nSPS) is 16.3. The van der Waals surface area contributed by atoms with Crippen molar-refractivity contribution < 1.29 is 0 Å². The lowest BCUT2D eigenvalue weighted by atomic mass is 10.0. The molecule has 1 aliphatic rings. The first-order valence-corrected chi connectivity index (χ1v) is 6.64. The molecule has 0 aliphatic heterocycles. The van der Waals surface area contributed by atoms with Crippen LogP contribution in [0.1, 0.15) is 37.9 Å². The maximum absolute atomic E-state index is 5.49. The number of anilines is 1. The Labute approximate surface area is 103 Å². The average molecular weight is 234 g/mol. The van der Waals surface area contributed by atoms with Gasteiger partial charge in [0.1, 0.15) is 11.6 Å². The number of hydrogen-bond donors (Lipinski definition) is 2. The summed E-state index contributed by atoms with van der Waals surface area (Å²) in [7, 11) is 0. The van der Waals surface area contributed by atoms with Crippen molar-refractivity contribution in [1.82, 2.24) is 9.97 Å². The molecule has 0 radical (unpaired) electrons. The highest BCUT2D eigenvalue weighted by Gasteiger charge is 2.14. The summed E-state index contributed by atoms with van der Waals surface area (Å²) in [5.74, 6) is 2.69. The molecule has 1 aromatic heterocycles. The predicted molar refractivity (Wildman–Crippen MR) is 69.9 cm³/mol. The van der Waals surface area contributed by atoms with Crippen LogP contribution >= 0.6 is 0 Å². The number of nitrogens with one attached hydrogen (secondary N) is 1. The number of rotatable bonds is 6. The predicted octanol–water partition coefficient (Wildman–Crippen LogP) is 1.97. The third-order valence-corrected chi connectivity index (χ3v) is 3.41. The second kappa shape index (κ2) is 6.55. The zero-order chi connectivity index (χ0) is 11.9. The van der Waals surface area contributed by atoms with Crippen molar-refractivity contribution in [3.63, 3.8) is 0 Å². The van der Waals surface area contributed by atoms with E-state index >= 15 is 0 Å². The van der Waals surface area contributed by atoms with E-state index in [9.17, 15) is 0 Å². The monoisotopic (exact) mass is 234 g/mol. The summed E-state index contributed by atoms with van der Waals surface area (Å²) < 4.78 is 0. The van der Waals surface area contributed by atoms with Gasteiger partial charge in [-0.25, -0.2) is 9.97 Å². The second-order valence-corrected chi connectivity index (χ2v) is 4.76. The largest absolute Gasteiger partial charge is 0.370 e. The fraction of sp³-hybridized carbons (Fsp3) is 0.692. The van der Waals surface area contributed by atoms with Crippen molar-refractivity contribution in [3.05, 3.63) is 18.1 Å². The van der Waals surface area contributed by atoms with Crippen LogP contribution in [-0.2, 0) is 6.42 Å². The Morgan fingerprint density at radius 1 is 1.35 bits per heavy atom. The fourth-order valence-corrected chi connectivity index (χ4v) is 2.45. The van der Waals surface area contributed by atoms with Gasteiger partial charge in [-0.05, 0) is 24.9 Å². The first kappa shape index (κ1) is 12.3. The SMILES string of the molecule is NCCc1nccc(NCCC2CCCC2)n1. The summed E-state index contributed by atoms with van der Waals surface area (Å²) in [6.07, 6.45) is 9.45. The quantitative estimate of drug-likeness (QED) is 0.790. The summed E-state index contributed by atoms with van der Waals surface area (Å²) in [5, 5.41) is 3.38. The highest BCUT2D eigenvalue weighted by molar-refractivity contribution is 5.32. The molecule has 0 bridgehead atoms. The van der Waals surface area contributed by atoms with E-state index in [1.165, 1.54) is 32.1 Å². The van der Waals surface area contributed by atoms with Crippen molar-refractivity contribution >= 4 is 5.82 Å². The Morgan fingerprint density at radius 3 is 2.94 bits per heavy atom. The summed E-state index contributed by atoms with van der Waals surface area (Å²) in [6.45, 7) is 1.62. The highest BCUT2D eigenvalue weighted by atomic mass is 15.0. The molecule has 17 heavy (non-hydrogen) atoms. The third kappa shape index (κ3) is 3.97. The molecule has 94 valence electrons. The Hall–Kier alpha value is -1.16. The van der Waals surface area contributed by atoms with Crippen LogP contribution in [0, 0.1) is 5.92 Å². The molecule has 1 saturated carbocycles. The molecular weight excluding hydrogens is 212 g/mol. The molecule has 1 aliphatic carbocycles. The van der Waals surface area contributed by atoms with Crippen molar-refractivity contribution in [2.24, 2.45) is 11.7 Å². The number of nitrogens with two attached hydrogens (primary N) is 1. The molecule has 4 heteroatoms. The lowest BCUT2D eigenvalue weighted by Gasteiger charge is -2.10. The summed E-state index contributed by atoms with van der Waals surface area (Å²) in [4.78, 5) is 8.61. The van der Waals surface area contributed by atoms with E-state index in [4.69, 9.17) is 5.73 Å². The molecule has 0 aromatic carbocycles. The van der Waals surface area contributed by atoms with Crippen LogP contribution in [0.4, 0.5) is 5.82 Å². The lowest BCUT2D eigenvalue weighted by Crippen LogP contribution is -2.10. The number of hydrogen-bond acceptors (Lipinski definition) is 4. The van der Waals surface area contributed by atoms with Gasteiger partial charge in [-0.2, -0.15) is 0 Å². The molecule has 1 heterocycles. The van der Waals surface area contributed by atoms with Gasteiger partial charge in [0.05, 0.1) is 0 Å². The van der Waals surface area contributed by atoms with Crippen LogP contribution in [0.15, 0.2) is 12.3 Å². The third-order valence-electron chi connectivity index (χ3n) is 3.41. The summed E-state index contributed by atoms with van der Waals surface area (Å²) in [5.41, 5.74) is 5.49. The van der Waals surface area contributed by atoms with Crippen LogP contribution in [0.25, 0.3) is 0 Å². The Kier molecular flexibility index (Phi) is 4.74. The van der Waals surface area contributed by atoms with Gasteiger partial charge >= 0.3 is 0 Å². The topological polar surface area (TPSA) is 63.8 Å². The molecule has 0 saturated heterocycles. The highest BCUT2D eigenvalue weighted by Crippen LogP contribution is 2.27. The Balaban J connectivity index is 1.75. The van der Waals surface area contributed by atoms with Crippen molar-refractivity contribution in [2.75, 3.05) is 18.4 Å². The van der Waals surface area contributed by atoms with E-state index in [2.05, 4.69) is 15.3 Å². The van der Waals surface area contributed by atoms with Crippen LogP contribution < -0.4 is 11.1 Å². The molecule has 2 rings (SSSR count). The minimum atomic E-state index is 0.603. The van der Waals surface area contributed by atoms with Crippen LogP contribution in [-0.4, -0.2) is 23.1 Å². The van der Waals surface area contributed by atoms with Gasteiger partial charge in [0.2, 0.25) is 0 Å². The lowest BCUT2D eigenvalue weighted by molar-refractivity contribution is 0.518. The molecule has 4 nitrogen and oxygen atoms in total. The first-order chi connectivity index (χ1) is 8.38.